The molecule has 0 fully saturated rings. The van der Waals surface area contributed by atoms with Crippen molar-refractivity contribution in [3.63, 3.8) is 0 Å². The Morgan fingerprint density at radius 2 is 2.00 bits per heavy atom. The molecule has 1 amide bonds. The van der Waals surface area contributed by atoms with Crippen LogP contribution in [-0.4, -0.2) is 22.3 Å². The molecule has 1 aromatic carbocycles. The maximum absolute atomic E-state index is 12.6. The molecule has 0 spiro atoms. The average molecular weight is 387 g/mol. The molecule has 0 saturated carbocycles. The quantitative estimate of drug-likeness (QED) is 0.538. The lowest BCUT2D eigenvalue weighted by Gasteiger charge is -2.20. The van der Waals surface area contributed by atoms with Gasteiger partial charge in [0, 0.05) is 11.9 Å². The maximum atomic E-state index is 12.6. The molecule has 0 radical (unpaired) electrons. The van der Waals surface area contributed by atoms with Gasteiger partial charge in [0.1, 0.15) is 17.4 Å². The number of hydrogen-bond acceptors (Lipinski definition) is 5. The van der Waals surface area contributed by atoms with Crippen LogP contribution in [0.3, 0.4) is 0 Å². The van der Waals surface area contributed by atoms with Crippen LogP contribution in [0.4, 0.5) is 0 Å². The van der Waals surface area contributed by atoms with Crippen LogP contribution in [0.25, 0.3) is 0 Å². The van der Waals surface area contributed by atoms with Gasteiger partial charge in [-0.25, -0.2) is 4.98 Å². The number of aromatic nitrogens is 1. The third kappa shape index (κ3) is 4.93. The molecule has 2 heterocycles. The smallest absolute Gasteiger partial charge is 0.264 e. The highest BCUT2D eigenvalue weighted by Gasteiger charge is 2.17. The Labute approximate surface area is 162 Å². The molecule has 6 heteroatoms. The molecular weight excluding hydrogens is 364 g/mol. The number of carbonyl (C=O) groups excluding carboxylic acids is 1. The van der Waals surface area contributed by atoms with Crippen LogP contribution in [0.2, 0.25) is 0 Å². The van der Waals surface area contributed by atoms with Gasteiger partial charge in [0.05, 0.1) is 17.1 Å². The molecule has 0 aliphatic heterocycles. The lowest BCUT2D eigenvalue weighted by Crippen LogP contribution is -2.30. The van der Waals surface area contributed by atoms with Crippen LogP contribution in [0.1, 0.15) is 39.3 Å². The standard InChI is InChI=1S/C20H22N2O2S2/c1-3-10-22(20(23)18-5-4-11-25-18)12-16-14-26-19(21-16)13-24-17-8-6-15(2)7-9-17/h4-9,11,14H,3,10,12-13H2,1-2H3. The summed E-state index contributed by atoms with van der Waals surface area (Å²) in [6.07, 6.45) is 0.921. The Morgan fingerprint density at radius 1 is 1.19 bits per heavy atom. The van der Waals surface area contributed by atoms with Gasteiger partial charge in [-0.15, -0.1) is 22.7 Å². The zero-order valence-corrected chi connectivity index (χ0v) is 16.6. The predicted molar refractivity (Wildman–Crippen MR) is 107 cm³/mol. The number of thiophene rings is 1. The monoisotopic (exact) mass is 386 g/mol. The molecule has 26 heavy (non-hydrogen) atoms. The lowest BCUT2D eigenvalue weighted by atomic mass is 10.2. The summed E-state index contributed by atoms with van der Waals surface area (Å²) in [7, 11) is 0. The summed E-state index contributed by atoms with van der Waals surface area (Å²) in [6, 6.07) is 11.8. The lowest BCUT2D eigenvalue weighted by molar-refractivity contribution is 0.0746. The molecule has 0 aliphatic rings. The summed E-state index contributed by atoms with van der Waals surface area (Å²) in [6.45, 7) is 5.84. The SMILES string of the molecule is CCCN(Cc1csc(COc2ccc(C)cc2)n1)C(=O)c1cccs1. The van der Waals surface area contributed by atoms with E-state index in [2.05, 4.69) is 18.8 Å². The first-order valence-corrected chi connectivity index (χ1v) is 10.4. The molecular formula is C20H22N2O2S2. The molecule has 0 atom stereocenters. The summed E-state index contributed by atoms with van der Waals surface area (Å²) in [4.78, 5) is 19.9. The number of hydrogen-bond donors (Lipinski definition) is 0. The molecule has 0 saturated heterocycles. The van der Waals surface area contributed by atoms with Gasteiger partial charge in [0.2, 0.25) is 0 Å². The highest BCUT2D eigenvalue weighted by Crippen LogP contribution is 2.19. The van der Waals surface area contributed by atoms with Gasteiger partial charge in [-0.1, -0.05) is 30.7 Å². The molecule has 4 nitrogen and oxygen atoms in total. The van der Waals surface area contributed by atoms with Crippen molar-refractivity contribution in [2.75, 3.05) is 6.54 Å². The number of rotatable bonds is 8. The van der Waals surface area contributed by atoms with Gasteiger partial charge in [0.15, 0.2) is 0 Å². The van der Waals surface area contributed by atoms with Gasteiger partial charge in [-0.05, 0) is 36.9 Å². The summed E-state index contributed by atoms with van der Waals surface area (Å²) in [5.74, 6) is 0.917. The molecule has 0 unspecified atom stereocenters. The first-order valence-electron chi connectivity index (χ1n) is 8.61. The minimum atomic E-state index is 0.0762. The Bertz CT molecular complexity index is 826. The van der Waals surface area contributed by atoms with Crippen LogP contribution < -0.4 is 4.74 Å². The third-order valence-corrected chi connectivity index (χ3v) is 5.58. The van der Waals surface area contributed by atoms with E-state index in [1.807, 2.05) is 52.1 Å². The fourth-order valence-electron chi connectivity index (χ4n) is 2.54. The number of amides is 1. The Kier molecular flexibility index (Phi) is 6.41. The zero-order valence-electron chi connectivity index (χ0n) is 15.0. The van der Waals surface area contributed by atoms with Crippen molar-refractivity contribution in [3.05, 3.63) is 68.3 Å². The molecule has 0 N–H and O–H groups in total. The van der Waals surface area contributed by atoms with Gasteiger partial charge in [-0.3, -0.25) is 4.79 Å². The van der Waals surface area contributed by atoms with E-state index >= 15 is 0 Å². The van der Waals surface area contributed by atoms with Crippen molar-refractivity contribution in [2.24, 2.45) is 0 Å². The number of benzene rings is 1. The van der Waals surface area contributed by atoms with Gasteiger partial charge < -0.3 is 9.64 Å². The number of ether oxygens (including phenoxy) is 1. The predicted octanol–water partition coefficient (Wildman–Crippen LogP) is 5.14. The Morgan fingerprint density at radius 3 is 2.69 bits per heavy atom. The minimum Gasteiger partial charge on any atom is -0.486 e. The van der Waals surface area contributed by atoms with Crippen molar-refractivity contribution < 1.29 is 9.53 Å². The maximum Gasteiger partial charge on any atom is 0.264 e. The first kappa shape index (κ1) is 18.6. The average Bonchev–Trinajstić information content (AvgIpc) is 3.32. The zero-order chi connectivity index (χ0) is 18.4. The number of thiazole rings is 1. The number of nitrogens with zero attached hydrogens (tertiary/aromatic N) is 2. The molecule has 3 aromatic rings. The Balaban J connectivity index is 1.60. The van der Waals surface area contributed by atoms with Gasteiger partial charge >= 0.3 is 0 Å². The topological polar surface area (TPSA) is 42.4 Å². The van der Waals surface area contributed by atoms with E-state index in [-0.39, 0.29) is 5.91 Å². The van der Waals surface area contributed by atoms with E-state index in [1.54, 1.807) is 11.3 Å². The van der Waals surface area contributed by atoms with E-state index < -0.39 is 0 Å². The minimum absolute atomic E-state index is 0.0762. The van der Waals surface area contributed by atoms with Crippen LogP contribution in [0.5, 0.6) is 5.75 Å². The van der Waals surface area contributed by atoms with Gasteiger partial charge in [0.25, 0.3) is 5.91 Å². The normalized spacial score (nSPS) is 10.7. The summed E-state index contributed by atoms with van der Waals surface area (Å²) < 4.78 is 5.79. The highest BCUT2D eigenvalue weighted by molar-refractivity contribution is 7.12. The van der Waals surface area contributed by atoms with E-state index in [9.17, 15) is 4.79 Å². The van der Waals surface area contributed by atoms with Gasteiger partial charge in [-0.2, -0.15) is 0 Å². The van der Waals surface area contributed by atoms with Crippen molar-refractivity contribution in [2.45, 2.75) is 33.4 Å². The van der Waals surface area contributed by atoms with Crippen molar-refractivity contribution in [1.82, 2.24) is 9.88 Å². The van der Waals surface area contributed by atoms with E-state index in [4.69, 9.17) is 4.74 Å². The summed E-state index contributed by atoms with van der Waals surface area (Å²) >= 11 is 3.05. The molecule has 2 aromatic heterocycles. The second kappa shape index (κ2) is 8.96. The molecule has 136 valence electrons. The Hall–Kier alpha value is -2.18. The van der Waals surface area contributed by atoms with Crippen molar-refractivity contribution in [3.8, 4) is 5.75 Å². The number of aryl methyl sites for hydroxylation is 1. The molecule has 3 rings (SSSR count). The van der Waals surface area contributed by atoms with E-state index in [1.165, 1.54) is 16.9 Å². The largest absolute Gasteiger partial charge is 0.486 e. The molecule has 0 aliphatic carbocycles. The second-order valence-corrected chi connectivity index (χ2v) is 7.93. The fraction of sp³-hybridized carbons (Fsp3) is 0.300. The highest BCUT2D eigenvalue weighted by atomic mass is 32.1. The summed E-state index contributed by atoms with van der Waals surface area (Å²) in [5, 5.41) is 4.86. The van der Waals surface area contributed by atoms with E-state index in [0.717, 1.165) is 34.3 Å². The summed E-state index contributed by atoms with van der Waals surface area (Å²) in [5.41, 5.74) is 2.12. The van der Waals surface area contributed by atoms with Crippen LogP contribution >= 0.6 is 22.7 Å². The molecule has 0 bridgehead atoms. The van der Waals surface area contributed by atoms with Crippen molar-refractivity contribution >= 4 is 28.6 Å². The first-order chi connectivity index (χ1) is 12.7. The van der Waals surface area contributed by atoms with Crippen LogP contribution in [-0.2, 0) is 13.2 Å². The van der Waals surface area contributed by atoms with Crippen LogP contribution in [0.15, 0.2) is 47.2 Å². The van der Waals surface area contributed by atoms with E-state index in [0.29, 0.717) is 13.2 Å². The number of carbonyl (C=O) groups is 1. The third-order valence-electron chi connectivity index (χ3n) is 3.85. The van der Waals surface area contributed by atoms with Crippen LogP contribution in [0, 0.1) is 6.92 Å². The second-order valence-electron chi connectivity index (χ2n) is 6.04. The fourth-order valence-corrected chi connectivity index (χ4v) is 3.93. The van der Waals surface area contributed by atoms with Crippen molar-refractivity contribution in [1.29, 1.82) is 0 Å².